The van der Waals surface area contributed by atoms with Crippen molar-refractivity contribution in [3.05, 3.63) is 28.4 Å². The maximum Gasteiger partial charge on any atom is 0.287 e. The van der Waals surface area contributed by atoms with E-state index >= 15 is 0 Å². The number of rotatable bonds is 8. The van der Waals surface area contributed by atoms with Crippen LogP contribution in [0.2, 0.25) is 0 Å². The predicted molar refractivity (Wildman–Crippen MR) is 86.2 cm³/mol. The number of nitrogens with one attached hydrogen (secondary N) is 1. The normalized spacial score (nSPS) is 10.5. The Morgan fingerprint density at radius 2 is 1.91 bits per heavy atom. The molecule has 0 atom stereocenters. The molecule has 0 radical (unpaired) electrons. The molecule has 0 saturated carbocycles. The number of likely N-dealkylation sites (N-methyl/N-ethyl adjacent to an activating group) is 2. The first-order chi connectivity index (χ1) is 10.3. The molecule has 1 heterocycles. The third-order valence-electron chi connectivity index (χ3n) is 3.20. The van der Waals surface area contributed by atoms with Gasteiger partial charge in [0.15, 0.2) is 5.96 Å². The highest BCUT2D eigenvalue weighted by molar-refractivity contribution is 5.74. The van der Waals surface area contributed by atoms with Crippen LogP contribution in [0.3, 0.4) is 0 Å². The summed E-state index contributed by atoms with van der Waals surface area (Å²) in [6, 6.07) is 3.03. The van der Waals surface area contributed by atoms with Gasteiger partial charge in [-0.25, -0.2) is 4.98 Å². The van der Waals surface area contributed by atoms with Crippen LogP contribution in [0.5, 0.6) is 0 Å². The fourth-order valence-electron chi connectivity index (χ4n) is 1.77. The number of nitrogens with two attached hydrogens (primary N) is 1. The van der Waals surface area contributed by atoms with E-state index in [9.17, 15) is 10.1 Å². The number of aromatic nitrogens is 1. The zero-order valence-corrected chi connectivity index (χ0v) is 13.2. The third kappa shape index (κ3) is 5.52. The standard InChI is InChI=1S/C13H23N7O2/c1-17(2)6-8-19(13(14)15)9-7-18(3)12-5-4-11(10-16-12)20(21)22/h4-5,10H,6-9H2,1-3H3,(H3,14,15). The summed E-state index contributed by atoms with van der Waals surface area (Å²) in [5.74, 6) is 0.675. The molecule has 0 aliphatic heterocycles. The van der Waals surface area contributed by atoms with Crippen LogP contribution in [0.4, 0.5) is 11.5 Å². The summed E-state index contributed by atoms with van der Waals surface area (Å²) in [4.78, 5) is 19.9. The molecule has 9 nitrogen and oxygen atoms in total. The molecule has 122 valence electrons. The van der Waals surface area contributed by atoms with Crippen LogP contribution >= 0.6 is 0 Å². The quantitative estimate of drug-likeness (QED) is 0.304. The Kier molecular flexibility index (Phi) is 6.51. The molecule has 3 N–H and O–H groups in total. The van der Waals surface area contributed by atoms with E-state index in [4.69, 9.17) is 11.1 Å². The van der Waals surface area contributed by atoms with Crippen LogP contribution in [0.15, 0.2) is 18.3 Å². The lowest BCUT2D eigenvalue weighted by atomic mass is 10.4. The largest absolute Gasteiger partial charge is 0.370 e. The van der Waals surface area contributed by atoms with Crippen molar-refractivity contribution >= 4 is 17.5 Å². The molecular formula is C13H23N7O2. The molecule has 9 heteroatoms. The van der Waals surface area contributed by atoms with Gasteiger partial charge in [0.2, 0.25) is 0 Å². The predicted octanol–water partition coefficient (Wildman–Crippen LogP) is 0.183. The number of hydrogen-bond acceptors (Lipinski definition) is 6. The van der Waals surface area contributed by atoms with Crippen molar-refractivity contribution in [3.63, 3.8) is 0 Å². The Balaban J connectivity index is 2.57. The van der Waals surface area contributed by atoms with Crippen molar-refractivity contribution in [1.82, 2.24) is 14.8 Å². The van der Waals surface area contributed by atoms with E-state index in [0.717, 1.165) is 6.54 Å². The Morgan fingerprint density at radius 1 is 1.27 bits per heavy atom. The minimum absolute atomic E-state index is 0.0338. The maximum atomic E-state index is 10.6. The zero-order valence-electron chi connectivity index (χ0n) is 13.2. The maximum absolute atomic E-state index is 10.6. The van der Waals surface area contributed by atoms with E-state index in [2.05, 4.69) is 4.98 Å². The summed E-state index contributed by atoms with van der Waals surface area (Å²) < 4.78 is 0. The van der Waals surface area contributed by atoms with Crippen molar-refractivity contribution in [2.45, 2.75) is 0 Å². The molecular weight excluding hydrogens is 286 g/mol. The van der Waals surface area contributed by atoms with Crippen LogP contribution in [-0.2, 0) is 0 Å². The van der Waals surface area contributed by atoms with Crippen LogP contribution in [0.1, 0.15) is 0 Å². The molecule has 1 aromatic heterocycles. The molecule has 0 bridgehead atoms. The minimum Gasteiger partial charge on any atom is -0.370 e. The lowest BCUT2D eigenvalue weighted by molar-refractivity contribution is -0.385. The molecule has 0 aliphatic rings. The van der Waals surface area contributed by atoms with Gasteiger partial charge in [0.1, 0.15) is 12.0 Å². The van der Waals surface area contributed by atoms with Crippen molar-refractivity contribution in [3.8, 4) is 0 Å². The topological polar surface area (TPSA) is 116 Å². The van der Waals surface area contributed by atoms with E-state index in [1.54, 1.807) is 11.0 Å². The second kappa shape index (κ2) is 8.13. The van der Waals surface area contributed by atoms with Gasteiger partial charge < -0.3 is 20.4 Å². The second-order valence-electron chi connectivity index (χ2n) is 5.23. The molecule has 1 aromatic rings. The van der Waals surface area contributed by atoms with E-state index in [1.165, 1.54) is 12.3 Å². The van der Waals surface area contributed by atoms with Crippen LogP contribution in [-0.4, -0.2) is 73.0 Å². The Labute approximate surface area is 130 Å². The van der Waals surface area contributed by atoms with Crippen LogP contribution in [0.25, 0.3) is 0 Å². The van der Waals surface area contributed by atoms with Crippen molar-refractivity contribution in [2.24, 2.45) is 5.73 Å². The smallest absolute Gasteiger partial charge is 0.287 e. The molecule has 22 heavy (non-hydrogen) atoms. The number of guanidine groups is 1. The van der Waals surface area contributed by atoms with Gasteiger partial charge in [0.05, 0.1) is 4.92 Å². The summed E-state index contributed by atoms with van der Waals surface area (Å²) in [6.07, 6.45) is 1.24. The van der Waals surface area contributed by atoms with Gasteiger partial charge in [-0.3, -0.25) is 15.5 Å². The summed E-state index contributed by atoms with van der Waals surface area (Å²) in [6.45, 7) is 2.67. The van der Waals surface area contributed by atoms with Crippen LogP contribution in [0, 0.1) is 15.5 Å². The highest BCUT2D eigenvalue weighted by Gasteiger charge is 2.11. The molecule has 0 aliphatic carbocycles. The second-order valence-corrected chi connectivity index (χ2v) is 5.23. The number of anilines is 1. The Hall–Kier alpha value is -2.42. The number of nitrogens with zero attached hydrogens (tertiary/aromatic N) is 5. The van der Waals surface area contributed by atoms with E-state index in [0.29, 0.717) is 25.5 Å². The molecule has 0 saturated heterocycles. The van der Waals surface area contributed by atoms with Crippen LogP contribution < -0.4 is 10.6 Å². The van der Waals surface area contributed by atoms with Crippen molar-refractivity contribution < 1.29 is 4.92 Å². The van der Waals surface area contributed by atoms with E-state index in [-0.39, 0.29) is 11.6 Å². The van der Waals surface area contributed by atoms with Gasteiger partial charge in [-0.2, -0.15) is 0 Å². The molecule has 0 aromatic carbocycles. The monoisotopic (exact) mass is 309 g/mol. The number of pyridine rings is 1. The van der Waals surface area contributed by atoms with Gasteiger partial charge >= 0.3 is 0 Å². The highest BCUT2D eigenvalue weighted by atomic mass is 16.6. The number of hydrogen-bond donors (Lipinski definition) is 2. The Morgan fingerprint density at radius 3 is 2.36 bits per heavy atom. The zero-order chi connectivity index (χ0) is 16.7. The summed E-state index contributed by atoms with van der Waals surface area (Å²) in [5.41, 5.74) is 5.55. The van der Waals surface area contributed by atoms with E-state index in [1.807, 2.05) is 30.9 Å². The first-order valence-corrected chi connectivity index (χ1v) is 6.86. The molecule has 1 rings (SSSR count). The fraction of sp³-hybridized carbons (Fsp3) is 0.538. The fourth-order valence-corrected chi connectivity index (χ4v) is 1.77. The van der Waals surface area contributed by atoms with Crippen molar-refractivity contribution in [2.75, 3.05) is 52.2 Å². The molecule has 0 spiro atoms. The molecule has 0 unspecified atom stereocenters. The van der Waals surface area contributed by atoms with Gasteiger partial charge in [0.25, 0.3) is 5.69 Å². The Bertz CT molecular complexity index is 504. The third-order valence-corrected chi connectivity index (χ3v) is 3.20. The van der Waals surface area contributed by atoms with Crippen molar-refractivity contribution in [1.29, 1.82) is 5.41 Å². The highest BCUT2D eigenvalue weighted by Crippen LogP contribution is 2.14. The molecule has 0 amide bonds. The summed E-state index contributed by atoms with van der Waals surface area (Å²) >= 11 is 0. The van der Waals surface area contributed by atoms with Gasteiger partial charge in [-0.15, -0.1) is 0 Å². The van der Waals surface area contributed by atoms with Gasteiger partial charge in [-0.05, 0) is 20.2 Å². The van der Waals surface area contributed by atoms with E-state index < -0.39 is 4.92 Å². The lowest BCUT2D eigenvalue weighted by Crippen LogP contribution is -2.44. The first-order valence-electron chi connectivity index (χ1n) is 6.86. The lowest BCUT2D eigenvalue weighted by Gasteiger charge is -2.27. The summed E-state index contributed by atoms with van der Waals surface area (Å²) in [7, 11) is 5.77. The summed E-state index contributed by atoms with van der Waals surface area (Å²) in [5, 5.41) is 18.2. The molecule has 0 fully saturated rings. The van der Waals surface area contributed by atoms with Gasteiger partial charge in [-0.1, -0.05) is 0 Å². The average Bonchev–Trinajstić information content (AvgIpc) is 2.46. The minimum atomic E-state index is -0.477. The first kappa shape index (κ1) is 17.6. The SMILES string of the molecule is CN(C)CCN(CCN(C)c1ccc([N+](=O)[O-])cn1)C(=N)N. The van der Waals surface area contributed by atoms with Gasteiger partial charge in [0, 0.05) is 39.3 Å². The average molecular weight is 309 g/mol. The number of nitro groups is 1.